The van der Waals surface area contributed by atoms with Gasteiger partial charge in [0.25, 0.3) is 0 Å². The van der Waals surface area contributed by atoms with Crippen molar-refractivity contribution in [2.75, 3.05) is 0 Å². The first-order chi connectivity index (χ1) is 9.54. The van der Waals surface area contributed by atoms with Crippen LogP contribution in [-0.2, 0) is 6.54 Å². The van der Waals surface area contributed by atoms with E-state index in [1.807, 2.05) is 12.1 Å². The van der Waals surface area contributed by atoms with Gasteiger partial charge in [-0.15, -0.1) is 0 Å². The minimum absolute atomic E-state index is 0.313. The lowest BCUT2D eigenvalue weighted by atomic mass is 10.3. The predicted molar refractivity (Wildman–Crippen MR) is 80.4 cm³/mol. The Kier molecular flexibility index (Phi) is 5.09. The number of rotatable bonds is 5. The molecule has 0 radical (unpaired) electrons. The molecule has 0 spiro atoms. The number of nitrogens with zero attached hydrogens (tertiary/aromatic N) is 1. The Hall–Kier alpha value is -1.46. The molecular weight excluding hydrogens is 323 g/mol. The molecular formula is C15H16BrFN2O. The van der Waals surface area contributed by atoms with Gasteiger partial charge in [0.15, 0.2) is 0 Å². The maximum atomic E-state index is 13.0. The van der Waals surface area contributed by atoms with E-state index in [1.54, 1.807) is 12.1 Å². The van der Waals surface area contributed by atoms with Gasteiger partial charge in [-0.2, -0.15) is 0 Å². The predicted octanol–water partition coefficient (Wildman–Crippen LogP) is 4.27. The minimum Gasteiger partial charge on any atom is -0.438 e. The summed E-state index contributed by atoms with van der Waals surface area (Å²) in [5.74, 6) is 0.709. The van der Waals surface area contributed by atoms with Crippen LogP contribution in [0.15, 0.2) is 40.9 Å². The molecule has 0 saturated carbocycles. The fourth-order valence-electron chi connectivity index (χ4n) is 1.59. The molecule has 1 aromatic heterocycles. The lowest BCUT2D eigenvalue weighted by Crippen LogP contribution is -2.22. The second kappa shape index (κ2) is 6.81. The van der Waals surface area contributed by atoms with Crippen LogP contribution in [0.5, 0.6) is 11.6 Å². The number of benzene rings is 1. The van der Waals surface area contributed by atoms with Gasteiger partial charge in [-0.3, -0.25) is 0 Å². The molecule has 0 fully saturated rings. The van der Waals surface area contributed by atoms with E-state index in [9.17, 15) is 4.39 Å². The van der Waals surface area contributed by atoms with Crippen molar-refractivity contribution < 1.29 is 9.13 Å². The van der Waals surface area contributed by atoms with Crippen LogP contribution in [0.25, 0.3) is 0 Å². The second-order valence-corrected chi connectivity index (χ2v) is 5.53. The lowest BCUT2D eigenvalue weighted by Gasteiger charge is -2.10. The van der Waals surface area contributed by atoms with Crippen LogP contribution in [-0.4, -0.2) is 11.0 Å². The van der Waals surface area contributed by atoms with Gasteiger partial charge in [0.1, 0.15) is 11.6 Å². The van der Waals surface area contributed by atoms with Gasteiger partial charge in [-0.05, 0) is 40.2 Å². The third kappa shape index (κ3) is 4.28. The SMILES string of the molecule is CC(C)NCc1cccc(Oc2ccc(F)cc2Br)n1. The van der Waals surface area contributed by atoms with Crippen molar-refractivity contribution in [3.63, 3.8) is 0 Å². The normalized spacial score (nSPS) is 10.8. The van der Waals surface area contributed by atoms with E-state index in [2.05, 4.69) is 40.1 Å². The number of hydrogen-bond acceptors (Lipinski definition) is 3. The smallest absolute Gasteiger partial charge is 0.219 e. The van der Waals surface area contributed by atoms with Crippen LogP contribution in [0.4, 0.5) is 4.39 Å². The van der Waals surface area contributed by atoms with E-state index < -0.39 is 0 Å². The monoisotopic (exact) mass is 338 g/mol. The highest BCUT2D eigenvalue weighted by atomic mass is 79.9. The van der Waals surface area contributed by atoms with Crippen molar-refractivity contribution in [2.45, 2.75) is 26.4 Å². The molecule has 2 rings (SSSR count). The quantitative estimate of drug-likeness (QED) is 0.883. The first-order valence-corrected chi connectivity index (χ1v) is 7.16. The molecule has 1 heterocycles. The molecule has 5 heteroatoms. The summed E-state index contributed by atoms with van der Waals surface area (Å²) in [5, 5.41) is 3.29. The van der Waals surface area contributed by atoms with E-state index in [1.165, 1.54) is 12.1 Å². The van der Waals surface area contributed by atoms with Gasteiger partial charge >= 0.3 is 0 Å². The summed E-state index contributed by atoms with van der Waals surface area (Å²) in [6.45, 7) is 4.84. The molecule has 0 bridgehead atoms. The van der Waals surface area contributed by atoms with Crippen molar-refractivity contribution in [3.8, 4) is 11.6 Å². The third-order valence-electron chi connectivity index (χ3n) is 2.58. The van der Waals surface area contributed by atoms with Crippen LogP contribution in [0.2, 0.25) is 0 Å². The summed E-state index contributed by atoms with van der Waals surface area (Å²) in [6.07, 6.45) is 0. The van der Waals surface area contributed by atoms with Crippen LogP contribution in [0.1, 0.15) is 19.5 Å². The maximum Gasteiger partial charge on any atom is 0.219 e. The number of pyridine rings is 1. The minimum atomic E-state index is -0.313. The standard InChI is InChI=1S/C15H16BrFN2O/c1-10(2)18-9-12-4-3-5-15(19-12)20-14-7-6-11(17)8-13(14)16/h3-8,10,18H,9H2,1-2H3. The van der Waals surface area contributed by atoms with Crippen molar-refractivity contribution in [1.82, 2.24) is 10.3 Å². The van der Waals surface area contributed by atoms with Crippen molar-refractivity contribution in [3.05, 3.63) is 52.4 Å². The molecule has 106 valence electrons. The zero-order valence-electron chi connectivity index (χ0n) is 11.4. The molecule has 1 N–H and O–H groups in total. The lowest BCUT2D eigenvalue weighted by molar-refractivity contribution is 0.454. The Bertz CT molecular complexity index is 590. The van der Waals surface area contributed by atoms with Gasteiger partial charge in [0.2, 0.25) is 5.88 Å². The first-order valence-electron chi connectivity index (χ1n) is 6.37. The molecule has 0 unspecified atom stereocenters. The fourth-order valence-corrected chi connectivity index (χ4v) is 2.02. The van der Waals surface area contributed by atoms with Crippen LogP contribution < -0.4 is 10.1 Å². The average molecular weight is 339 g/mol. The van der Waals surface area contributed by atoms with Crippen molar-refractivity contribution in [2.24, 2.45) is 0 Å². The highest BCUT2D eigenvalue weighted by molar-refractivity contribution is 9.10. The Balaban J connectivity index is 2.11. The van der Waals surface area contributed by atoms with E-state index in [-0.39, 0.29) is 5.82 Å². The summed E-state index contributed by atoms with van der Waals surface area (Å²) in [4.78, 5) is 4.40. The summed E-state index contributed by atoms with van der Waals surface area (Å²) in [5.41, 5.74) is 0.898. The molecule has 20 heavy (non-hydrogen) atoms. The Morgan fingerprint density at radius 1 is 1.30 bits per heavy atom. The number of hydrogen-bond donors (Lipinski definition) is 1. The van der Waals surface area contributed by atoms with E-state index in [0.29, 0.717) is 28.7 Å². The van der Waals surface area contributed by atoms with Crippen LogP contribution in [0.3, 0.4) is 0 Å². The number of aromatic nitrogens is 1. The zero-order valence-corrected chi connectivity index (χ0v) is 12.9. The largest absolute Gasteiger partial charge is 0.438 e. The van der Waals surface area contributed by atoms with E-state index in [4.69, 9.17) is 4.74 Å². The maximum absolute atomic E-state index is 13.0. The van der Waals surface area contributed by atoms with Crippen molar-refractivity contribution >= 4 is 15.9 Å². The zero-order chi connectivity index (χ0) is 14.5. The van der Waals surface area contributed by atoms with Crippen LogP contribution in [0, 0.1) is 5.82 Å². The third-order valence-corrected chi connectivity index (χ3v) is 3.20. The Morgan fingerprint density at radius 3 is 2.80 bits per heavy atom. The fraction of sp³-hybridized carbons (Fsp3) is 0.267. The molecule has 0 aliphatic carbocycles. The van der Waals surface area contributed by atoms with Crippen LogP contribution >= 0.6 is 15.9 Å². The summed E-state index contributed by atoms with van der Waals surface area (Å²) < 4.78 is 19.2. The molecule has 0 aliphatic rings. The van der Waals surface area contributed by atoms with Gasteiger partial charge in [-0.1, -0.05) is 19.9 Å². The molecule has 0 amide bonds. The highest BCUT2D eigenvalue weighted by Crippen LogP contribution is 2.29. The number of nitrogens with one attached hydrogen (secondary N) is 1. The molecule has 0 aliphatic heterocycles. The second-order valence-electron chi connectivity index (χ2n) is 4.68. The first kappa shape index (κ1) is 14.9. The summed E-state index contributed by atoms with van der Waals surface area (Å²) in [7, 11) is 0. The Morgan fingerprint density at radius 2 is 2.10 bits per heavy atom. The number of ether oxygens (including phenoxy) is 1. The molecule has 0 saturated heterocycles. The van der Waals surface area contributed by atoms with Gasteiger partial charge in [0.05, 0.1) is 10.2 Å². The highest BCUT2D eigenvalue weighted by Gasteiger charge is 2.06. The molecule has 1 aromatic carbocycles. The molecule has 3 nitrogen and oxygen atoms in total. The summed E-state index contributed by atoms with van der Waals surface area (Å²) >= 11 is 3.27. The van der Waals surface area contributed by atoms with Gasteiger partial charge in [0, 0.05) is 18.7 Å². The Labute approximate surface area is 126 Å². The van der Waals surface area contributed by atoms with Crippen molar-refractivity contribution in [1.29, 1.82) is 0 Å². The summed E-state index contributed by atoms with van der Waals surface area (Å²) in [6, 6.07) is 10.3. The van der Waals surface area contributed by atoms with E-state index >= 15 is 0 Å². The number of halogens is 2. The average Bonchev–Trinajstić information content (AvgIpc) is 2.40. The molecule has 2 aromatic rings. The molecule has 0 atom stereocenters. The van der Waals surface area contributed by atoms with Gasteiger partial charge in [-0.25, -0.2) is 9.37 Å². The van der Waals surface area contributed by atoms with Gasteiger partial charge < -0.3 is 10.1 Å². The van der Waals surface area contributed by atoms with E-state index in [0.717, 1.165) is 5.69 Å². The topological polar surface area (TPSA) is 34.1 Å².